The smallest absolute Gasteiger partial charge is 0.227 e. The molecule has 0 radical (unpaired) electrons. The molecule has 1 amide bonds. The van der Waals surface area contributed by atoms with Crippen LogP contribution in [0.1, 0.15) is 32.6 Å². The number of amides is 1. The molecule has 1 spiro atoms. The van der Waals surface area contributed by atoms with Gasteiger partial charge >= 0.3 is 0 Å². The van der Waals surface area contributed by atoms with Gasteiger partial charge in [0.15, 0.2) is 0 Å². The van der Waals surface area contributed by atoms with Crippen LogP contribution in [0, 0.1) is 5.41 Å². The molecule has 2 rings (SSSR count). The van der Waals surface area contributed by atoms with E-state index in [1.807, 2.05) is 0 Å². The second-order valence-electron chi connectivity index (χ2n) is 4.29. The summed E-state index contributed by atoms with van der Waals surface area (Å²) in [5, 5.41) is 6.41. The molecule has 2 aliphatic heterocycles. The highest BCUT2D eigenvalue weighted by Crippen LogP contribution is 2.38. The first-order valence-electron chi connectivity index (χ1n) is 5.27. The van der Waals surface area contributed by atoms with Crippen molar-refractivity contribution in [3.8, 4) is 0 Å². The number of halogens is 1. The highest BCUT2D eigenvalue weighted by molar-refractivity contribution is 5.85. The van der Waals surface area contributed by atoms with E-state index in [9.17, 15) is 4.79 Å². The number of nitrogens with one attached hydrogen (secondary N) is 2. The quantitative estimate of drug-likeness (QED) is 0.639. The lowest BCUT2D eigenvalue weighted by Gasteiger charge is -2.44. The first-order chi connectivity index (χ1) is 6.26. The van der Waals surface area contributed by atoms with E-state index < -0.39 is 0 Å². The Morgan fingerprint density at radius 1 is 1.29 bits per heavy atom. The van der Waals surface area contributed by atoms with Crippen LogP contribution in [0.3, 0.4) is 0 Å². The van der Waals surface area contributed by atoms with Gasteiger partial charge in [-0.1, -0.05) is 0 Å². The van der Waals surface area contributed by atoms with Gasteiger partial charge in [0.05, 0.1) is 5.41 Å². The third kappa shape index (κ3) is 1.75. The van der Waals surface area contributed by atoms with Crippen molar-refractivity contribution >= 4 is 18.3 Å². The molecule has 0 bridgehead atoms. The second-order valence-corrected chi connectivity index (χ2v) is 4.29. The lowest BCUT2D eigenvalue weighted by Crippen LogP contribution is -2.58. The van der Waals surface area contributed by atoms with Crippen molar-refractivity contribution in [3.63, 3.8) is 0 Å². The van der Waals surface area contributed by atoms with Crippen LogP contribution in [-0.4, -0.2) is 25.0 Å². The summed E-state index contributed by atoms with van der Waals surface area (Å²) >= 11 is 0. The zero-order valence-corrected chi connectivity index (χ0v) is 9.45. The Hall–Kier alpha value is -0.280. The van der Waals surface area contributed by atoms with Gasteiger partial charge < -0.3 is 10.6 Å². The molecule has 0 aromatic rings. The average molecular weight is 219 g/mol. The number of piperidine rings is 2. The number of hydrogen-bond donors (Lipinski definition) is 2. The molecule has 82 valence electrons. The molecule has 4 heteroatoms. The largest absolute Gasteiger partial charge is 0.356 e. The van der Waals surface area contributed by atoms with Gasteiger partial charge in [-0.05, 0) is 39.2 Å². The summed E-state index contributed by atoms with van der Waals surface area (Å²) < 4.78 is 0. The van der Waals surface area contributed by atoms with E-state index in [1.165, 1.54) is 0 Å². The Labute approximate surface area is 91.4 Å². The molecule has 2 saturated heterocycles. The summed E-state index contributed by atoms with van der Waals surface area (Å²) in [6.45, 7) is 4.08. The van der Waals surface area contributed by atoms with Crippen LogP contribution >= 0.6 is 12.4 Å². The first-order valence-corrected chi connectivity index (χ1v) is 5.27. The minimum Gasteiger partial charge on any atom is -0.356 e. The zero-order valence-electron chi connectivity index (χ0n) is 8.64. The number of hydrogen-bond acceptors (Lipinski definition) is 2. The highest BCUT2D eigenvalue weighted by atomic mass is 35.5. The predicted molar refractivity (Wildman–Crippen MR) is 58.6 cm³/mol. The van der Waals surface area contributed by atoms with Crippen molar-refractivity contribution < 1.29 is 4.79 Å². The van der Waals surface area contributed by atoms with Gasteiger partial charge in [-0.2, -0.15) is 0 Å². The Kier molecular flexibility index (Phi) is 3.78. The fourth-order valence-corrected chi connectivity index (χ4v) is 2.68. The Morgan fingerprint density at radius 3 is 2.50 bits per heavy atom. The Morgan fingerprint density at radius 2 is 1.93 bits per heavy atom. The lowest BCUT2D eigenvalue weighted by molar-refractivity contribution is -0.137. The van der Waals surface area contributed by atoms with Crippen molar-refractivity contribution in [1.29, 1.82) is 0 Å². The van der Waals surface area contributed by atoms with E-state index in [2.05, 4.69) is 17.6 Å². The molecule has 0 aromatic heterocycles. The number of rotatable bonds is 0. The summed E-state index contributed by atoms with van der Waals surface area (Å²) in [5.74, 6) is 0.276. The number of carbonyl (C=O) groups excluding carboxylic acids is 1. The fraction of sp³-hybridized carbons (Fsp3) is 0.900. The topological polar surface area (TPSA) is 41.1 Å². The van der Waals surface area contributed by atoms with Gasteiger partial charge in [0.2, 0.25) is 5.91 Å². The Bertz CT molecular complexity index is 216. The SMILES string of the molecule is C[C@H]1NCCC[C@]12CCCNC2=O.Cl. The van der Waals surface area contributed by atoms with Crippen molar-refractivity contribution in [1.82, 2.24) is 10.6 Å². The van der Waals surface area contributed by atoms with Crippen molar-refractivity contribution in [3.05, 3.63) is 0 Å². The number of carbonyl (C=O) groups is 1. The summed E-state index contributed by atoms with van der Waals surface area (Å²) in [5.41, 5.74) is -0.0868. The Balaban J connectivity index is 0.000000980. The fourth-order valence-electron chi connectivity index (χ4n) is 2.68. The maximum absolute atomic E-state index is 11.8. The van der Waals surface area contributed by atoms with Crippen molar-refractivity contribution in [2.75, 3.05) is 13.1 Å². The molecule has 0 aromatic carbocycles. The molecule has 2 heterocycles. The van der Waals surface area contributed by atoms with E-state index in [-0.39, 0.29) is 23.7 Å². The molecular formula is C10H19ClN2O. The normalized spacial score (nSPS) is 37.5. The third-order valence-corrected chi connectivity index (χ3v) is 3.62. The van der Waals surface area contributed by atoms with Crippen LogP contribution in [0.5, 0.6) is 0 Å². The molecule has 3 nitrogen and oxygen atoms in total. The molecule has 0 saturated carbocycles. The molecule has 0 unspecified atom stereocenters. The summed E-state index contributed by atoms with van der Waals surface area (Å²) in [4.78, 5) is 11.8. The van der Waals surface area contributed by atoms with E-state index in [4.69, 9.17) is 0 Å². The van der Waals surface area contributed by atoms with Gasteiger partial charge in [0.25, 0.3) is 0 Å². The zero-order chi connectivity index (χ0) is 9.31. The minimum absolute atomic E-state index is 0. The minimum atomic E-state index is -0.0868. The maximum Gasteiger partial charge on any atom is 0.227 e. The standard InChI is InChI=1S/C10H18N2O.ClH/c1-8-10(4-2-6-11-8)5-3-7-12-9(10)13;/h8,11H,2-7H2,1H3,(H,12,13);1H/t8-,10+;/m1./s1. The monoisotopic (exact) mass is 218 g/mol. The van der Waals surface area contributed by atoms with E-state index >= 15 is 0 Å². The van der Waals surface area contributed by atoms with Crippen LogP contribution in [-0.2, 0) is 4.79 Å². The van der Waals surface area contributed by atoms with E-state index in [0.29, 0.717) is 6.04 Å². The van der Waals surface area contributed by atoms with Crippen LogP contribution in [0.2, 0.25) is 0 Å². The highest BCUT2D eigenvalue weighted by Gasteiger charge is 2.45. The summed E-state index contributed by atoms with van der Waals surface area (Å²) in [6, 6.07) is 0.349. The molecule has 2 aliphatic rings. The molecule has 0 aliphatic carbocycles. The summed E-state index contributed by atoms with van der Waals surface area (Å²) in [6.07, 6.45) is 4.40. The average Bonchev–Trinajstić information content (AvgIpc) is 2.15. The van der Waals surface area contributed by atoms with Crippen LogP contribution in [0.4, 0.5) is 0 Å². The third-order valence-electron chi connectivity index (χ3n) is 3.62. The maximum atomic E-state index is 11.8. The molecule has 2 atom stereocenters. The summed E-state index contributed by atoms with van der Waals surface area (Å²) in [7, 11) is 0. The molecule has 2 N–H and O–H groups in total. The molecule has 14 heavy (non-hydrogen) atoms. The lowest BCUT2D eigenvalue weighted by atomic mass is 9.69. The van der Waals surface area contributed by atoms with Crippen LogP contribution < -0.4 is 10.6 Å². The van der Waals surface area contributed by atoms with Crippen LogP contribution in [0.25, 0.3) is 0 Å². The molecular weight excluding hydrogens is 200 g/mol. The van der Waals surface area contributed by atoms with Gasteiger partial charge in [0.1, 0.15) is 0 Å². The van der Waals surface area contributed by atoms with Gasteiger partial charge in [-0.3, -0.25) is 4.79 Å². The molecule has 2 fully saturated rings. The van der Waals surface area contributed by atoms with E-state index in [0.717, 1.165) is 38.8 Å². The predicted octanol–water partition coefficient (Wildman–Crippen LogP) is 1.08. The van der Waals surface area contributed by atoms with Crippen molar-refractivity contribution in [2.45, 2.75) is 38.6 Å². The first kappa shape index (κ1) is 11.8. The second kappa shape index (κ2) is 4.49. The van der Waals surface area contributed by atoms with E-state index in [1.54, 1.807) is 0 Å². The van der Waals surface area contributed by atoms with Gasteiger partial charge in [-0.15, -0.1) is 12.4 Å². The van der Waals surface area contributed by atoms with Crippen molar-refractivity contribution in [2.24, 2.45) is 5.41 Å². The van der Waals surface area contributed by atoms with Gasteiger partial charge in [-0.25, -0.2) is 0 Å². The van der Waals surface area contributed by atoms with Crippen LogP contribution in [0.15, 0.2) is 0 Å². The van der Waals surface area contributed by atoms with Gasteiger partial charge in [0, 0.05) is 12.6 Å².